The summed E-state index contributed by atoms with van der Waals surface area (Å²) in [5.74, 6) is 1.12. The maximum Gasteiger partial charge on any atom is 0.151 e. The molecule has 0 saturated carbocycles. The summed E-state index contributed by atoms with van der Waals surface area (Å²) in [5.41, 5.74) is 0. The molecule has 0 bridgehead atoms. The quantitative estimate of drug-likeness (QED) is 0.836. The zero-order chi connectivity index (χ0) is 12.5. The van der Waals surface area contributed by atoms with Crippen LogP contribution in [0.15, 0.2) is 29.9 Å². The molecule has 2 rings (SSSR count). The van der Waals surface area contributed by atoms with Crippen LogP contribution in [0.2, 0.25) is 0 Å². The average Bonchev–Trinajstić information content (AvgIpc) is 2.85. The van der Waals surface area contributed by atoms with Crippen molar-refractivity contribution in [2.45, 2.75) is 25.2 Å². The molecule has 5 heteroatoms. The van der Waals surface area contributed by atoms with Gasteiger partial charge in [0, 0.05) is 31.2 Å². The summed E-state index contributed by atoms with van der Waals surface area (Å²) >= 11 is 0. The number of aromatic nitrogens is 4. The molecule has 2 aromatic heterocycles. The van der Waals surface area contributed by atoms with Crippen LogP contribution in [0.25, 0.3) is 0 Å². The lowest BCUT2D eigenvalue weighted by Crippen LogP contribution is -2.13. The first-order chi connectivity index (χ1) is 8.02. The predicted molar refractivity (Wildman–Crippen MR) is 72.9 cm³/mol. The van der Waals surface area contributed by atoms with Gasteiger partial charge in [-0.2, -0.15) is 10.0 Å². The molecule has 2 heterocycles. The highest BCUT2D eigenvalue weighted by atomic mass is 32.3. The second-order valence-electron chi connectivity index (χ2n) is 4.82. The number of rotatable bonds is 4. The summed E-state index contributed by atoms with van der Waals surface area (Å²) < 4.78 is 4.40. The van der Waals surface area contributed by atoms with Gasteiger partial charge in [-0.3, -0.25) is 0 Å². The molecule has 0 spiro atoms. The van der Waals surface area contributed by atoms with E-state index in [2.05, 4.69) is 44.8 Å². The fraction of sp³-hybridized carbons (Fsp3) is 0.500. The van der Waals surface area contributed by atoms with Gasteiger partial charge in [-0.15, -0.1) is 0 Å². The molecule has 0 aromatic carbocycles. The summed E-state index contributed by atoms with van der Waals surface area (Å²) in [5, 5.41) is 1.19. The Morgan fingerprint density at radius 2 is 1.71 bits per heavy atom. The van der Waals surface area contributed by atoms with Gasteiger partial charge < -0.3 is 9.13 Å². The molecule has 2 aromatic rings. The molecule has 0 amide bonds. The highest BCUT2D eigenvalue weighted by Gasteiger charge is 2.15. The van der Waals surface area contributed by atoms with E-state index in [9.17, 15) is 0 Å². The lowest BCUT2D eigenvalue weighted by molar-refractivity contribution is 0.543. The molecule has 0 unspecified atom stereocenters. The molecule has 17 heavy (non-hydrogen) atoms. The van der Waals surface area contributed by atoms with Crippen LogP contribution in [0.1, 0.15) is 12.7 Å². The fourth-order valence-corrected chi connectivity index (χ4v) is 3.08. The SMILES string of the molecule is CCc1nccn1Cn1ccnc1S(C)(C)C. The van der Waals surface area contributed by atoms with Crippen molar-refractivity contribution >= 4 is 10.0 Å². The van der Waals surface area contributed by atoms with Crippen LogP contribution < -0.4 is 0 Å². The Labute approximate surface area is 104 Å². The molecule has 0 N–H and O–H groups in total. The lowest BCUT2D eigenvalue weighted by Gasteiger charge is -2.25. The minimum Gasteiger partial charge on any atom is -0.316 e. The molecular weight excluding hydrogens is 232 g/mol. The van der Waals surface area contributed by atoms with E-state index in [4.69, 9.17) is 0 Å². The van der Waals surface area contributed by atoms with Crippen molar-refractivity contribution in [2.75, 3.05) is 18.8 Å². The molecule has 0 fully saturated rings. The topological polar surface area (TPSA) is 35.6 Å². The molecular formula is C12H20N4S. The van der Waals surface area contributed by atoms with Crippen LogP contribution in [-0.2, 0) is 13.1 Å². The highest BCUT2D eigenvalue weighted by molar-refractivity contribution is 8.32. The van der Waals surface area contributed by atoms with Crippen LogP contribution in [0.3, 0.4) is 0 Å². The van der Waals surface area contributed by atoms with E-state index >= 15 is 0 Å². The first-order valence-electron chi connectivity index (χ1n) is 5.72. The fourth-order valence-electron chi connectivity index (χ4n) is 1.88. The molecule has 0 aliphatic rings. The van der Waals surface area contributed by atoms with Crippen molar-refractivity contribution in [1.29, 1.82) is 0 Å². The van der Waals surface area contributed by atoms with E-state index in [1.807, 2.05) is 24.8 Å². The van der Waals surface area contributed by atoms with Gasteiger partial charge in [-0.05, 0) is 18.8 Å². The summed E-state index contributed by atoms with van der Waals surface area (Å²) in [6, 6.07) is 0. The van der Waals surface area contributed by atoms with E-state index in [0.29, 0.717) is 0 Å². The van der Waals surface area contributed by atoms with Crippen LogP contribution in [-0.4, -0.2) is 37.9 Å². The summed E-state index contributed by atoms with van der Waals surface area (Å²) in [4.78, 5) is 8.83. The van der Waals surface area contributed by atoms with Crippen LogP contribution in [0.5, 0.6) is 0 Å². The largest absolute Gasteiger partial charge is 0.316 e. The Morgan fingerprint density at radius 3 is 2.35 bits per heavy atom. The van der Waals surface area contributed by atoms with Crippen molar-refractivity contribution in [3.8, 4) is 0 Å². The number of hydrogen-bond donors (Lipinski definition) is 0. The van der Waals surface area contributed by atoms with E-state index in [0.717, 1.165) is 18.9 Å². The van der Waals surface area contributed by atoms with Gasteiger partial charge in [0.1, 0.15) is 12.5 Å². The molecule has 0 saturated heterocycles. The summed E-state index contributed by atoms with van der Waals surface area (Å²) in [6.07, 6.45) is 15.6. The second kappa shape index (κ2) is 4.56. The van der Waals surface area contributed by atoms with Crippen molar-refractivity contribution < 1.29 is 0 Å². The van der Waals surface area contributed by atoms with Crippen molar-refractivity contribution in [1.82, 2.24) is 19.1 Å². The lowest BCUT2D eigenvalue weighted by atomic mass is 10.4. The maximum absolute atomic E-state index is 4.49. The standard InChI is InChI=1S/C12H20N4S/c1-5-11-13-6-8-15(11)10-16-9-7-14-12(16)17(2,3)4/h6-9H,5,10H2,1-4H3. The zero-order valence-electron chi connectivity index (χ0n) is 10.9. The normalized spacial score (nSPS) is 12.9. The van der Waals surface area contributed by atoms with Crippen molar-refractivity contribution in [2.24, 2.45) is 0 Å². The van der Waals surface area contributed by atoms with Crippen molar-refractivity contribution in [3.05, 3.63) is 30.6 Å². The van der Waals surface area contributed by atoms with Crippen molar-refractivity contribution in [3.63, 3.8) is 0 Å². The first kappa shape index (κ1) is 12.2. The van der Waals surface area contributed by atoms with E-state index in [-0.39, 0.29) is 0 Å². The van der Waals surface area contributed by atoms with Gasteiger partial charge in [0.05, 0.1) is 0 Å². The Hall–Kier alpha value is -1.23. The van der Waals surface area contributed by atoms with Gasteiger partial charge in [0.2, 0.25) is 0 Å². The van der Waals surface area contributed by atoms with Gasteiger partial charge in [-0.1, -0.05) is 6.92 Å². The first-order valence-corrected chi connectivity index (χ1v) is 8.57. The van der Waals surface area contributed by atoms with E-state index < -0.39 is 10.0 Å². The molecule has 0 atom stereocenters. The number of aryl methyl sites for hydroxylation is 1. The van der Waals surface area contributed by atoms with Gasteiger partial charge >= 0.3 is 0 Å². The maximum atomic E-state index is 4.49. The summed E-state index contributed by atoms with van der Waals surface area (Å²) in [6.45, 7) is 2.94. The molecule has 0 aliphatic heterocycles. The Balaban J connectivity index is 2.28. The minimum absolute atomic E-state index is 0.795. The number of nitrogens with zero attached hydrogens (tertiary/aromatic N) is 4. The van der Waals surface area contributed by atoms with E-state index in [1.165, 1.54) is 5.16 Å². The van der Waals surface area contributed by atoms with Gasteiger partial charge in [0.15, 0.2) is 5.16 Å². The minimum atomic E-state index is -0.795. The molecule has 4 nitrogen and oxygen atoms in total. The van der Waals surface area contributed by atoms with Gasteiger partial charge in [-0.25, -0.2) is 9.97 Å². The zero-order valence-corrected chi connectivity index (χ0v) is 11.7. The Bertz CT molecular complexity index is 493. The summed E-state index contributed by atoms with van der Waals surface area (Å²) in [7, 11) is -0.795. The highest BCUT2D eigenvalue weighted by Crippen LogP contribution is 2.43. The monoisotopic (exact) mass is 252 g/mol. The predicted octanol–water partition coefficient (Wildman–Crippen LogP) is 2.20. The second-order valence-corrected chi connectivity index (χ2v) is 8.86. The number of hydrogen-bond acceptors (Lipinski definition) is 2. The molecule has 0 radical (unpaired) electrons. The molecule has 94 valence electrons. The van der Waals surface area contributed by atoms with Gasteiger partial charge in [0.25, 0.3) is 0 Å². The van der Waals surface area contributed by atoms with Crippen LogP contribution in [0.4, 0.5) is 0 Å². The smallest absolute Gasteiger partial charge is 0.151 e. The third kappa shape index (κ3) is 2.54. The Morgan fingerprint density at radius 1 is 1.06 bits per heavy atom. The third-order valence-electron chi connectivity index (χ3n) is 2.65. The van der Waals surface area contributed by atoms with Crippen LogP contribution >= 0.6 is 10.0 Å². The Kier molecular flexibility index (Phi) is 3.28. The third-order valence-corrected chi connectivity index (χ3v) is 4.08. The molecule has 0 aliphatic carbocycles. The number of imidazole rings is 2. The average molecular weight is 252 g/mol. The van der Waals surface area contributed by atoms with Crippen LogP contribution in [0, 0.1) is 0 Å². The van der Waals surface area contributed by atoms with E-state index in [1.54, 1.807) is 0 Å².